The molecule has 0 aliphatic carbocycles. The van der Waals surface area contributed by atoms with E-state index < -0.39 is 0 Å². The molecule has 0 radical (unpaired) electrons. The quantitative estimate of drug-likeness (QED) is 0.715. The molecule has 1 N–H and O–H groups in total. The summed E-state index contributed by atoms with van der Waals surface area (Å²) in [6.45, 7) is 11.8. The van der Waals surface area contributed by atoms with E-state index in [0.29, 0.717) is 0 Å². The Balaban J connectivity index is 2.25. The number of hydrogen-bond acceptors (Lipinski definition) is 2. The van der Waals surface area contributed by atoms with Crippen molar-refractivity contribution >= 4 is 0 Å². The van der Waals surface area contributed by atoms with Crippen LogP contribution in [0.5, 0.6) is 0 Å². The lowest BCUT2D eigenvalue weighted by molar-refractivity contribution is 0.149. The van der Waals surface area contributed by atoms with Crippen LogP contribution < -0.4 is 5.32 Å². The minimum Gasteiger partial charge on any atom is -0.314 e. The highest BCUT2D eigenvalue weighted by molar-refractivity contribution is 4.77. The molecule has 2 heteroatoms. The van der Waals surface area contributed by atoms with Crippen LogP contribution in [0.25, 0.3) is 0 Å². The fraction of sp³-hybridized carbons (Fsp3) is 1.00. The second-order valence-electron chi connectivity index (χ2n) is 4.44. The van der Waals surface area contributed by atoms with Crippen molar-refractivity contribution in [3.05, 3.63) is 0 Å². The van der Waals surface area contributed by atoms with Crippen LogP contribution in [-0.2, 0) is 0 Å². The third kappa shape index (κ3) is 3.65. The van der Waals surface area contributed by atoms with Gasteiger partial charge in [0.05, 0.1) is 0 Å². The Bertz CT molecular complexity index is 136. The summed E-state index contributed by atoms with van der Waals surface area (Å²) in [5, 5.41) is 3.43. The lowest BCUT2D eigenvalue weighted by Gasteiger charge is -2.35. The third-order valence-electron chi connectivity index (χ3n) is 2.97. The summed E-state index contributed by atoms with van der Waals surface area (Å²) in [6, 6.07) is 0.730. The van der Waals surface area contributed by atoms with E-state index in [1.54, 1.807) is 0 Å². The molecule has 0 aromatic carbocycles. The van der Waals surface area contributed by atoms with Gasteiger partial charge >= 0.3 is 0 Å². The summed E-state index contributed by atoms with van der Waals surface area (Å²) in [5.74, 6) is 0.866. The normalized spacial score (nSPS) is 27.5. The molecule has 1 heterocycles. The van der Waals surface area contributed by atoms with E-state index in [1.165, 1.54) is 39.0 Å². The minimum absolute atomic E-state index is 0.730. The van der Waals surface area contributed by atoms with Gasteiger partial charge in [0.2, 0.25) is 0 Å². The van der Waals surface area contributed by atoms with Crippen molar-refractivity contribution in [3.63, 3.8) is 0 Å². The van der Waals surface area contributed by atoms with Crippen LogP contribution in [0.15, 0.2) is 0 Å². The van der Waals surface area contributed by atoms with Crippen LogP contribution in [0.4, 0.5) is 0 Å². The van der Waals surface area contributed by atoms with Gasteiger partial charge in [-0.05, 0) is 19.3 Å². The Hall–Kier alpha value is -0.0800. The lowest BCUT2D eigenvalue weighted by atomic mass is 10.0. The molecule has 0 bridgehead atoms. The maximum atomic E-state index is 3.43. The van der Waals surface area contributed by atoms with Crippen LogP contribution in [-0.4, -0.2) is 37.1 Å². The molecular formula is C11H24N2. The van der Waals surface area contributed by atoms with E-state index in [0.717, 1.165) is 12.0 Å². The van der Waals surface area contributed by atoms with Crippen molar-refractivity contribution < 1.29 is 0 Å². The van der Waals surface area contributed by atoms with Crippen LogP contribution in [0.2, 0.25) is 0 Å². The van der Waals surface area contributed by atoms with E-state index >= 15 is 0 Å². The first-order chi connectivity index (χ1) is 6.24. The van der Waals surface area contributed by atoms with E-state index in [4.69, 9.17) is 0 Å². The molecule has 2 unspecified atom stereocenters. The van der Waals surface area contributed by atoms with Gasteiger partial charge in [0.15, 0.2) is 0 Å². The minimum atomic E-state index is 0.730. The number of nitrogens with zero attached hydrogens (tertiary/aromatic N) is 1. The first-order valence-corrected chi connectivity index (χ1v) is 5.68. The standard InChI is InChI=1S/C11H24N2/c1-4-5-10(2)9-13-7-6-12-8-11(13)3/h10-12H,4-9H2,1-3H3. The zero-order valence-corrected chi connectivity index (χ0v) is 9.34. The Morgan fingerprint density at radius 1 is 1.54 bits per heavy atom. The zero-order chi connectivity index (χ0) is 9.68. The van der Waals surface area contributed by atoms with Gasteiger partial charge in [0.1, 0.15) is 0 Å². The molecule has 1 aliphatic rings. The maximum absolute atomic E-state index is 3.43. The number of nitrogens with one attached hydrogen (secondary N) is 1. The number of hydrogen-bond donors (Lipinski definition) is 1. The topological polar surface area (TPSA) is 15.3 Å². The molecule has 13 heavy (non-hydrogen) atoms. The Morgan fingerprint density at radius 3 is 2.92 bits per heavy atom. The van der Waals surface area contributed by atoms with Gasteiger partial charge in [-0.2, -0.15) is 0 Å². The van der Waals surface area contributed by atoms with Crippen molar-refractivity contribution in [1.29, 1.82) is 0 Å². The molecule has 0 spiro atoms. The predicted molar refractivity (Wildman–Crippen MR) is 58.0 cm³/mol. The second kappa shape index (κ2) is 5.61. The van der Waals surface area contributed by atoms with Gasteiger partial charge in [-0.3, -0.25) is 4.90 Å². The van der Waals surface area contributed by atoms with Crippen LogP contribution in [0, 0.1) is 5.92 Å². The molecule has 2 nitrogen and oxygen atoms in total. The molecule has 0 amide bonds. The fourth-order valence-electron chi connectivity index (χ4n) is 2.14. The predicted octanol–water partition coefficient (Wildman–Crippen LogP) is 1.72. The second-order valence-corrected chi connectivity index (χ2v) is 4.44. The fourth-order valence-corrected chi connectivity index (χ4v) is 2.14. The van der Waals surface area contributed by atoms with Crippen LogP contribution >= 0.6 is 0 Å². The maximum Gasteiger partial charge on any atom is 0.0193 e. The Kier molecular flexibility index (Phi) is 4.74. The molecule has 2 atom stereocenters. The third-order valence-corrected chi connectivity index (χ3v) is 2.97. The first-order valence-electron chi connectivity index (χ1n) is 5.68. The summed E-state index contributed by atoms with van der Waals surface area (Å²) >= 11 is 0. The van der Waals surface area contributed by atoms with Crippen molar-refractivity contribution in [2.75, 3.05) is 26.2 Å². The van der Waals surface area contributed by atoms with Gasteiger partial charge in [-0.15, -0.1) is 0 Å². The van der Waals surface area contributed by atoms with E-state index in [9.17, 15) is 0 Å². The molecule has 1 aliphatic heterocycles. The largest absolute Gasteiger partial charge is 0.314 e. The van der Waals surface area contributed by atoms with Crippen molar-refractivity contribution in [3.8, 4) is 0 Å². The van der Waals surface area contributed by atoms with Crippen molar-refractivity contribution in [1.82, 2.24) is 10.2 Å². The molecule has 0 aromatic rings. The SMILES string of the molecule is CCCC(C)CN1CCNCC1C. The van der Waals surface area contributed by atoms with Gasteiger partial charge in [0, 0.05) is 32.2 Å². The summed E-state index contributed by atoms with van der Waals surface area (Å²) in [7, 11) is 0. The summed E-state index contributed by atoms with van der Waals surface area (Å²) in [4.78, 5) is 2.62. The van der Waals surface area contributed by atoms with Gasteiger partial charge in [-0.1, -0.05) is 20.3 Å². The van der Waals surface area contributed by atoms with Crippen molar-refractivity contribution in [2.24, 2.45) is 5.92 Å². The molecule has 1 saturated heterocycles. The smallest absolute Gasteiger partial charge is 0.0193 e. The lowest BCUT2D eigenvalue weighted by Crippen LogP contribution is -2.50. The summed E-state index contributed by atoms with van der Waals surface area (Å²) < 4.78 is 0. The highest BCUT2D eigenvalue weighted by Crippen LogP contribution is 2.11. The first kappa shape index (κ1) is 11.0. The van der Waals surface area contributed by atoms with E-state index in [-0.39, 0.29) is 0 Å². The van der Waals surface area contributed by atoms with Crippen LogP contribution in [0.1, 0.15) is 33.6 Å². The summed E-state index contributed by atoms with van der Waals surface area (Å²) in [5.41, 5.74) is 0. The molecule has 1 fully saturated rings. The van der Waals surface area contributed by atoms with E-state index in [1.807, 2.05) is 0 Å². The molecule has 0 saturated carbocycles. The summed E-state index contributed by atoms with van der Waals surface area (Å²) in [6.07, 6.45) is 2.69. The van der Waals surface area contributed by atoms with Crippen LogP contribution in [0.3, 0.4) is 0 Å². The Morgan fingerprint density at radius 2 is 2.31 bits per heavy atom. The molecule has 1 rings (SSSR count). The average Bonchev–Trinajstić information content (AvgIpc) is 2.09. The Labute approximate surface area is 82.7 Å². The molecule has 0 aromatic heterocycles. The van der Waals surface area contributed by atoms with Gasteiger partial charge in [-0.25, -0.2) is 0 Å². The van der Waals surface area contributed by atoms with E-state index in [2.05, 4.69) is 31.0 Å². The molecular weight excluding hydrogens is 160 g/mol. The number of rotatable bonds is 4. The molecule has 78 valence electrons. The highest BCUT2D eigenvalue weighted by atomic mass is 15.2. The van der Waals surface area contributed by atoms with Crippen molar-refractivity contribution in [2.45, 2.75) is 39.7 Å². The average molecular weight is 184 g/mol. The van der Waals surface area contributed by atoms with Gasteiger partial charge in [0.25, 0.3) is 0 Å². The zero-order valence-electron chi connectivity index (χ0n) is 9.34. The number of piperazine rings is 1. The highest BCUT2D eigenvalue weighted by Gasteiger charge is 2.18. The van der Waals surface area contributed by atoms with Gasteiger partial charge < -0.3 is 5.32 Å². The monoisotopic (exact) mass is 184 g/mol.